The van der Waals surface area contributed by atoms with Gasteiger partial charge in [-0.1, -0.05) is 21.0 Å². The van der Waals surface area contributed by atoms with Gasteiger partial charge >= 0.3 is 5.97 Å². The molecule has 0 unspecified atom stereocenters. The summed E-state index contributed by atoms with van der Waals surface area (Å²) >= 11 is 3.14. The molecule has 0 spiro atoms. The van der Waals surface area contributed by atoms with Gasteiger partial charge in [0.15, 0.2) is 0 Å². The largest absolute Gasteiger partial charge is 0.478 e. The van der Waals surface area contributed by atoms with Crippen molar-refractivity contribution in [1.29, 1.82) is 0 Å². The van der Waals surface area contributed by atoms with Crippen molar-refractivity contribution < 1.29 is 18.3 Å². The second-order valence-electron chi connectivity index (χ2n) is 4.09. The lowest BCUT2D eigenvalue weighted by molar-refractivity contribution is 0.0696. The summed E-state index contributed by atoms with van der Waals surface area (Å²) in [6.45, 7) is 1.55. The average Bonchev–Trinajstić information content (AvgIpc) is 2.76. The Morgan fingerprint density at radius 3 is 2.62 bits per heavy atom. The molecule has 112 valence electrons. The van der Waals surface area contributed by atoms with Gasteiger partial charge in [0.25, 0.3) is 16.0 Å². The third-order valence-electron chi connectivity index (χ3n) is 2.57. The number of nitrogens with zero attached hydrogens (tertiary/aromatic N) is 4. The average molecular weight is 376 g/mol. The normalized spacial score (nSPS) is 11.4. The molecule has 2 aromatic rings. The zero-order valence-corrected chi connectivity index (χ0v) is 13.3. The Bertz CT molecular complexity index is 817. The highest BCUT2D eigenvalue weighted by atomic mass is 79.9. The molecule has 1 aromatic carbocycles. The van der Waals surface area contributed by atoms with E-state index in [0.717, 1.165) is 10.9 Å². The quantitative estimate of drug-likeness (QED) is 0.807. The fourth-order valence-corrected chi connectivity index (χ4v) is 3.37. The number of benzene rings is 1. The van der Waals surface area contributed by atoms with Crippen LogP contribution in [0, 0.1) is 6.92 Å². The van der Waals surface area contributed by atoms with E-state index in [0.29, 0.717) is 10.0 Å². The maximum atomic E-state index is 12.3. The summed E-state index contributed by atoms with van der Waals surface area (Å²) in [7, 11) is -2.55. The van der Waals surface area contributed by atoms with Gasteiger partial charge in [-0.2, -0.15) is 4.80 Å². The summed E-state index contributed by atoms with van der Waals surface area (Å²) in [4.78, 5) is 11.9. The smallest absolute Gasteiger partial charge is 0.335 e. The SMILES string of the molecule is Cc1c(Br)cc(C(=O)O)cc1S(=O)(=O)Nc1nnn(C)n1. The van der Waals surface area contributed by atoms with Crippen molar-refractivity contribution >= 4 is 37.9 Å². The fraction of sp³-hybridized carbons (Fsp3) is 0.200. The number of rotatable bonds is 4. The van der Waals surface area contributed by atoms with E-state index in [4.69, 9.17) is 5.11 Å². The molecular weight excluding hydrogens is 366 g/mol. The topological polar surface area (TPSA) is 127 Å². The van der Waals surface area contributed by atoms with Gasteiger partial charge in [-0.05, 0) is 29.8 Å². The predicted octanol–water partition coefficient (Wildman–Crippen LogP) is 0.780. The lowest BCUT2D eigenvalue weighted by Crippen LogP contribution is -2.16. The highest BCUT2D eigenvalue weighted by molar-refractivity contribution is 9.10. The molecule has 0 fully saturated rings. The maximum absolute atomic E-state index is 12.3. The standard InChI is InChI=1S/C10H10BrN5O4S/c1-5-7(11)3-6(9(17)18)4-8(5)21(19,20)14-10-12-15-16(2)13-10/h3-4H,1-2H3,(H,13,14)(H,17,18). The van der Waals surface area contributed by atoms with E-state index in [1.54, 1.807) is 6.92 Å². The number of carboxylic acids is 1. The van der Waals surface area contributed by atoms with Crippen LogP contribution in [0.5, 0.6) is 0 Å². The number of carbonyl (C=O) groups is 1. The molecule has 21 heavy (non-hydrogen) atoms. The number of aromatic nitrogens is 4. The molecule has 0 radical (unpaired) electrons. The number of carboxylic acid groups (broad SMARTS) is 1. The third-order valence-corrected chi connectivity index (χ3v) is 4.85. The van der Waals surface area contributed by atoms with E-state index in [2.05, 4.69) is 36.1 Å². The summed E-state index contributed by atoms with van der Waals surface area (Å²) in [5.74, 6) is -1.43. The summed E-state index contributed by atoms with van der Waals surface area (Å²) < 4.78 is 27.1. The molecule has 2 N–H and O–H groups in total. The van der Waals surface area contributed by atoms with E-state index in [1.165, 1.54) is 13.1 Å². The lowest BCUT2D eigenvalue weighted by atomic mass is 10.1. The van der Waals surface area contributed by atoms with Crippen LogP contribution in [-0.4, -0.2) is 39.7 Å². The van der Waals surface area contributed by atoms with Crippen LogP contribution in [0.1, 0.15) is 15.9 Å². The minimum Gasteiger partial charge on any atom is -0.478 e. The molecule has 2 rings (SSSR count). The van der Waals surface area contributed by atoms with Gasteiger partial charge in [-0.25, -0.2) is 17.9 Å². The van der Waals surface area contributed by atoms with Crippen molar-refractivity contribution in [1.82, 2.24) is 20.2 Å². The molecular formula is C10H10BrN5O4S. The van der Waals surface area contributed by atoms with Crippen LogP contribution in [0.25, 0.3) is 0 Å². The summed E-state index contributed by atoms with van der Waals surface area (Å²) in [6, 6.07) is 2.40. The van der Waals surface area contributed by atoms with Gasteiger partial charge in [-0.3, -0.25) is 0 Å². The van der Waals surface area contributed by atoms with Gasteiger partial charge in [-0.15, -0.1) is 5.10 Å². The van der Waals surface area contributed by atoms with Gasteiger partial charge in [0.05, 0.1) is 17.5 Å². The molecule has 0 saturated carbocycles. The second-order valence-corrected chi connectivity index (χ2v) is 6.60. The van der Waals surface area contributed by atoms with Crippen molar-refractivity contribution in [2.24, 2.45) is 7.05 Å². The molecule has 0 atom stereocenters. The first kappa shape index (κ1) is 15.4. The van der Waals surface area contributed by atoms with Crippen LogP contribution in [0.2, 0.25) is 0 Å². The predicted molar refractivity (Wildman–Crippen MR) is 75.4 cm³/mol. The Balaban J connectivity index is 2.51. The molecule has 0 amide bonds. The van der Waals surface area contributed by atoms with Crippen molar-refractivity contribution in [3.05, 3.63) is 27.7 Å². The van der Waals surface area contributed by atoms with Crippen LogP contribution in [0.3, 0.4) is 0 Å². The summed E-state index contributed by atoms with van der Waals surface area (Å²) in [5.41, 5.74) is 0.219. The van der Waals surface area contributed by atoms with Crippen molar-refractivity contribution in [2.75, 3.05) is 4.72 Å². The minimum atomic E-state index is -4.03. The molecule has 11 heteroatoms. The van der Waals surface area contributed by atoms with Gasteiger partial charge in [0, 0.05) is 4.47 Å². The van der Waals surface area contributed by atoms with Gasteiger partial charge < -0.3 is 5.11 Å². The molecule has 1 aromatic heterocycles. The van der Waals surface area contributed by atoms with Crippen LogP contribution in [-0.2, 0) is 17.1 Å². The Hall–Kier alpha value is -2.01. The highest BCUT2D eigenvalue weighted by Gasteiger charge is 2.22. The van der Waals surface area contributed by atoms with E-state index in [1.807, 2.05) is 0 Å². The lowest BCUT2D eigenvalue weighted by Gasteiger charge is -2.10. The van der Waals surface area contributed by atoms with E-state index in [-0.39, 0.29) is 16.4 Å². The first-order valence-electron chi connectivity index (χ1n) is 5.51. The third kappa shape index (κ3) is 3.19. The summed E-state index contributed by atoms with van der Waals surface area (Å²) in [5, 5.41) is 19.7. The minimum absolute atomic E-state index is 0.153. The number of tetrazole rings is 1. The zero-order chi connectivity index (χ0) is 15.8. The Kier molecular flexibility index (Phi) is 3.96. The van der Waals surface area contributed by atoms with Crippen LogP contribution >= 0.6 is 15.9 Å². The van der Waals surface area contributed by atoms with E-state index >= 15 is 0 Å². The number of hydrogen-bond donors (Lipinski definition) is 2. The molecule has 1 heterocycles. The Labute approximate surface area is 128 Å². The van der Waals surface area contributed by atoms with Crippen LogP contribution < -0.4 is 4.72 Å². The fourth-order valence-electron chi connectivity index (χ4n) is 1.56. The second kappa shape index (κ2) is 5.41. The van der Waals surface area contributed by atoms with E-state index in [9.17, 15) is 13.2 Å². The number of hydrogen-bond acceptors (Lipinski definition) is 6. The first-order valence-corrected chi connectivity index (χ1v) is 7.78. The maximum Gasteiger partial charge on any atom is 0.335 e. The molecule has 0 bridgehead atoms. The number of aromatic carboxylic acids is 1. The molecule has 0 aliphatic carbocycles. The summed E-state index contributed by atoms with van der Waals surface area (Å²) in [6.07, 6.45) is 0. The van der Waals surface area contributed by atoms with E-state index < -0.39 is 16.0 Å². The highest BCUT2D eigenvalue weighted by Crippen LogP contribution is 2.26. The molecule has 0 saturated heterocycles. The monoisotopic (exact) mass is 375 g/mol. The van der Waals surface area contributed by atoms with Crippen LogP contribution in [0.4, 0.5) is 5.95 Å². The molecule has 9 nitrogen and oxygen atoms in total. The number of sulfonamides is 1. The van der Waals surface area contributed by atoms with Gasteiger partial charge in [0.2, 0.25) is 0 Å². The Morgan fingerprint density at radius 2 is 2.10 bits per heavy atom. The number of aryl methyl sites for hydroxylation is 1. The molecule has 0 aliphatic heterocycles. The van der Waals surface area contributed by atoms with Crippen molar-refractivity contribution in [3.8, 4) is 0 Å². The number of nitrogens with one attached hydrogen (secondary N) is 1. The van der Waals surface area contributed by atoms with Crippen molar-refractivity contribution in [2.45, 2.75) is 11.8 Å². The van der Waals surface area contributed by atoms with Gasteiger partial charge in [0.1, 0.15) is 0 Å². The zero-order valence-electron chi connectivity index (χ0n) is 10.9. The first-order chi connectivity index (χ1) is 9.70. The molecule has 0 aliphatic rings. The Morgan fingerprint density at radius 1 is 1.43 bits per heavy atom. The van der Waals surface area contributed by atoms with Crippen molar-refractivity contribution in [3.63, 3.8) is 0 Å². The number of halogens is 1. The number of anilines is 1. The van der Waals surface area contributed by atoms with Crippen LogP contribution in [0.15, 0.2) is 21.5 Å².